The summed E-state index contributed by atoms with van der Waals surface area (Å²) in [5.41, 5.74) is 2.10. The van der Waals surface area contributed by atoms with Crippen LogP contribution < -0.4 is 10.6 Å². The number of amides is 2. The van der Waals surface area contributed by atoms with Gasteiger partial charge in [0.2, 0.25) is 0 Å². The standard InChI is InChI=1S/C19H20N2O3/c1-14(22)16-10-5-11-17(13-16)21-19(24)18(23)20-12-6-9-15-7-3-2-4-8-15/h2-5,7-8,10-11,13H,6,9,12H2,1H3,(H,20,23)(H,21,24). The minimum Gasteiger partial charge on any atom is -0.348 e. The number of carbonyl (C=O) groups excluding carboxylic acids is 3. The average Bonchev–Trinajstić information content (AvgIpc) is 2.59. The Balaban J connectivity index is 1.77. The van der Waals surface area contributed by atoms with E-state index in [1.54, 1.807) is 24.3 Å². The molecule has 0 bridgehead atoms. The van der Waals surface area contributed by atoms with Crippen molar-refractivity contribution < 1.29 is 14.4 Å². The van der Waals surface area contributed by atoms with Gasteiger partial charge >= 0.3 is 11.8 Å². The molecule has 0 fully saturated rings. The SMILES string of the molecule is CC(=O)c1cccc(NC(=O)C(=O)NCCCc2ccccc2)c1. The summed E-state index contributed by atoms with van der Waals surface area (Å²) in [6.07, 6.45) is 1.59. The Morgan fingerprint density at radius 3 is 2.38 bits per heavy atom. The van der Waals surface area contributed by atoms with E-state index in [4.69, 9.17) is 0 Å². The predicted octanol–water partition coefficient (Wildman–Crippen LogP) is 2.58. The number of Topliss-reactive ketones (excluding diaryl/α,β-unsaturated/α-hetero) is 1. The molecule has 0 saturated heterocycles. The van der Waals surface area contributed by atoms with Gasteiger partial charge in [-0.25, -0.2) is 0 Å². The summed E-state index contributed by atoms with van der Waals surface area (Å²) in [4.78, 5) is 35.0. The summed E-state index contributed by atoms with van der Waals surface area (Å²) in [6, 6.07) is 16.4. The number of aryl methyl sites for hydroxylation is 1. The summed E-state index contributed by atoms with van der Waals surface area (Å²) >= 11 is 0. The fourth-order valence-corrected chi connectivity index (χ4v) is 2.22. The number of benzene rings is 2. The van der Waals surface area contributed by atoms with Gasteiger partial charge in [-0.1, -0.05) is 42.5 Å². The minimum absolute atomic E-state index is 0.100. The van der Waals surface area contributed by atoms with Crippen LogP contribution in [0.5, 0.6) is 0 Å². The van der Waals surface area contributed by atoms with Gasteiger partial charge in [-0.2, -0.15) is 0 Å². The van der Waals surface area contributed by atoms with Gasteiger partial charge in [0.15, 0.2) is 5.78 Å². The molecule has 5 heteroatoms. The van der Waals surface area contributed by atoms with Crippen LogP contribution in [0.1, 0.15) is 29.3 Å². The van der Waals surface area contributed by atoms with Gasteiger partial charge in [-0.15, -0.1) is 0 Å². The molecule has 2 aromatic carbocycles. The first kappa shape index (κ1) is 17.4. The van der Waals surface area contributed by atoms with Gasteiger partial charge in [-0.05, 0) is 37.5 Å². The second kappa shape index (κ2) is 8.62. The quantitative estimate of drug-likeness (QED) is 0.487. The predicted molar refractivity (Wildman–Crippen MR) is 92.8 cm³/mol. The Kier molecular flexibility index (Phi) is 6.25. The average molecular weight is 324 g/mol. The number of carbonyl (C=O) groups is 3. The van der Waals surface area contributed by atoms with Crippen LogP contribution in [0.25, 0.3) is 0 Å². The van der Waals surface area contributed by atoms with Crippen molar-refractivity contribution in [2.75, 3.05) is 11.9 Å². The van der Waals surface area contributed by atoms with Crippen molar-refractivity contribution in [1.82, 2.24) is 5.32 Å². The molecule has 0 heterocycles. The topological polar surface area (TPSA) is 75.3 Å². The molecule has 0 spiro atoms. The van der Waals surface area contributed by atoms with Crippen LogP contribution >= 0.6 is 0 Å². The second-order valence-electron chi connectivity index (χ2n) is 5.44. The van der Waals surface area contributed by atoms with E-state index >= 15 is 0 Å². The molecule has 0 radical (unpaired) electrons. The zero-order chi connectivity index (χ0) is 17.4. The third-order valence-electron chi connectivity index (χ3n) is 3.50. The van der Waals surface area contributed by atoms with Gasteiger partial charge in [0.1, 0.15) is 0 Å². The summed E-state index contributed by atoms with van der Waals surface area (Å²) in [5, 5.41) is 5.08. The Bertz CT molecular complexity index is 726. The smallest absolute Gasteiger partial charge is 0.313 e. The van der Waals surface area contributed by atoms with Gasteiger partial charge in [0.05, 0.1) is 0 Å². The van der Waals surface area contributed by atoms with E-state index < -0.39 is 11.8 Å². The number of hydrogen-bond donors (Lipinski definition) is 2. The minimum atomic E-state index is -0.740. The summed E-state index contributed by atoms with van der Waals surface area (Å²) < 4.78 is 0. The van der Waals surface area contributed by atoms with Gasteiger partial charge in [-0.3, -0.25) is 14.4 Å². The van der Waals surface area contributed by atoms with Crippen molar-refractivity contribution >= 4 is 23.3 Å². The van der Waals surface area contributed by atoms with Crippen molar-refractivity contribution in [3.05, 3.63) is 65.7 Å². The largest absolute Gasteiger partial charge is 0.348 e. The number of nitrogens with one attached hydrogen (secondary N) is 2. The molecule has 2 rings (SSSR count). The maximum atomic E-state index is 11.8. The Morgan fingerprint density at radius 2 is 1.67 bits per heavy atom. The normalized spacial score (nSPS) is 10.0. The van der Waals surface area contributed by atoms with Crippen LogP contribution in [0.2, 0.25) is 0 Å². The van der Waals surface area contributed by atoms with Crippen molar-refractivity contribution in [2.45, 2.75) is 19.8 Å². The third-order valence-corrected chi connectivity index (χ3v) is 3.50. The van der Waals surface area contributed by atoms with Gasteiger partial charge in [0.25, 0.3) is 0 Å². The molecule has 0 saturated carbocycles. The molecule has 2 N–H and O–H groups in total. The number of rotatable bonds is 6. The Hall–Kier alpha value is -2.95. The van der Waals surface area contributed by atoms with E-state index in [1.165, 1.54) is 12.5 Å². The lowest BCUT2D eigenvalue weighted by atomic mass is 10.1. The molecule has 0 aliphatic carbocycles. The molecule has 0 aromatic heterocycles. The van der Waals surface area contributed by atoms with Crippen molar-refractivity contribution in [2.24, 2.45) is 0 Å². The van der Waals surface area contributed by atoms with E-state index in [0.717, 1.165) is 12.8 Å². The van der Waals surface area contributed by atoms with Crippen LogP contribution in [0, 0.1) is 0 Å². The van der Waals surface area contributed by atoms with E-state index in [-0.39, 0.29) is 5.78 Å². The molecular formula is C19H20N2O3. The first-order valence-electron chi connectivity index (χ1n) is 7.80. The van der Waals surface area contributed by atoms with E-state index in [9.17, 15) is 14.4 Å². The highest BCUT2D eigenvalue weighted by molar-refractivity contribution is 6.39. The highest BCUT2D eigenvalue weighted by Gasteiger charge is 2.13. The second-order valence-corrected chi connectivity index (χ2v) is 5.44. The van der Waals surface area contributed by atoms with Crippen molar-refractivity contribution in [1.29, 1.82) is 0 Å². The molecule has 0 unspecified atom stereocenters. The molecule has 124 valence electrons. The zero-order valence-electron chi connectivity index (χ0n) is 13.5. The first-order chi connectivity index (χ1) is 11.6. The van der Waals surface area contributed by atoms with Crippen LogP contribution in [-0.2, 0) is 16.0 Å². The molecule has 0 aliphatic rings. The number of anilines is 1. The summed E-state index contributed by atoms with van der Waals surface area (Å²) in [6.45, 7) is 1.87. The van der Waals surface area contributed by atoms with Crippen LogP contribution in [0.15, 0.2) is 54.6 Å². The maximum Gasteiger partial charge on any atom is 0.313 e. The van der Waals surface area contributed by atoms with Crippen molar-refractivity contribution in [3.63, 3.8) is 0 Å². The lowest BCUT2D eigenvalue weighted by Gasteiger charge is -2.07. The molecule has 2 amide bonds. The summed E-state index contributed by atoms with van der Waals surface area (Å²) in [7, 11) is 0. The number of ketones is 1. The molecule has 0 atom stereocenters. The van der Waals surface area contributed by atoms with E-state index in [1.807, 2.05) is 30.3 Å². The third kappa shape index (κ3) is 5.35. The lowest BCUT2D eigenvalue weighted by molar-refractivity contribution is -0.136. The van der Waals surface area contributed by atoms with E-state index in [0.29, 0.717) is 17.8 Å². The molecule has 5 nitrogen and oxygen atoms in total. The molecule has 0 aliphatic heterocycles. The van der Waals surface area contributed by atoms with Crippen molar-refractivity contribution in [3.8, 4) is 0 Å². The van der Waals surface area contributed by atoms with Gasteiger partial charge in [0, 0.05) is 17.8 Å². The number of hydrogen-bond acceptors (Lipinski definition) is 3. The summed E-state index contributed by atoms with van der Waals surface area (Å²) in [5.74, 6) is -1.52. The molecular weight excluding hydrogens is 304 g/mol. The van der Waals surface area contributed by atoms with Crippen LogP contribution in [0.3, 0.4) is 0 Å². The fraction of sp³-hybridized carbons (Fsp3) is 0.211. The van der Waals surface area contributed by atoms with Gasteiger partial charge < -0.3 is 10.6 Å². The van der Waals surface area contributed by atoms with Crippen LogP contribution in [0.4, 0.5) is 5.69 Å². The first-order valence-corrected chi connectivity index (χ1v) is 7.80. The lowest BCUT2D eigenvalue weighted by Crippen LogP contribution is -2.36. The highest BCUT2D eigenvalue weighted by atomic mass is 16.2. The molecule has 2 aromatic rings. The van der Waals surface area contributed by atoms with E-state index in [2.05, 4.69) is 10.6 Å². The zero-order valence-corrected chi connectivity index (χ0v) is 13.5. The fourth-order valence-electron chi connectivity index (χ4n) is 2.22. The highest BCUT2D eigenvalue weighted by Crippen LogP contribution is 2.11. The Labute approximate surface area is 141 Å². The monoisotopic (exact) mass is 324 g/mol. The Morgan fingerprint density at radius 1 is 0.917 bits per heavy atom. The maximum absolute atomic E-state index is 11.8. The van der Waals surface area contributed by atoms with Crippen LogP contribution in [-0.4, -0.2) is 24.1 Å². The molecule has 24 heavy (non-hydrogen) atoms.